The molecule has 0 aromatic heterocycles. The first-order chi connectivity index (χ1) is 8.31. The fourth-order valence-electron chi connectivity index (χ4n) is 2.74. The molecule has 0 radical (unpaired) electrons. The Balaban J connectivity index is 2.33. The van der Waals surface area contributed by atoms with Crippen LogP contribution in [0.15, 0.2) is 0 Å². The van der Waals surface area contributed by atoms with E-state index in [2.05, 4.69) is 31.0 Å². The summed E-state index contributed by atoms with van der Waals surface area (Å²) in [4.78, 5) is 2.72. The standard InChI is InChI=1S/C15H32N2/c1-4-8-15(12-16-11-5-2)17(6-3)13-14-9-7-10-14/h14-16H,4-13H2,1-3H3. The maximum absolute atomic E-state index is 3.60. The average molecular weight is 240 g/mol. The second-order valence-corrected chi connectivity index (χ2v) is 5.53. The number of nitrogens with zero attached hydrogens (tertiary/aromatic N) is 1. The molecule has 0 heterocycles. The van der Waals surface area contributed by atoms with E-state index in [1.165, 1.54) is 64.7 Å². The summed E-state index contributed by atoms with van der Waals surface area (Å²) in [7, 11) is 0. The molecule has 1 rings (SSSR count). The monoisotopic (exact) mass is 240 g/mol. The van der Waals surface area contributed by atoms with Gasteiger partial charge in [0.15, 0.2) is 0 Å². The van der Waals surface area contributed by atoms with E-state index in [1.54, 1.807) is 0 Å². The quantitative estimate of drug-likeness (QED) is 0.590. The molecule has 102 valence electrons. The summed E-state index contributed by atoms with van der Waals surface area (Å²) in [5.74, 6) is 1.00. The topological polar surface area (TPSA) is 15.3 Å². The lowest BCUT2D eigenvalue weighted by atomic mass is 9.84. The van der Waals surface area contributed by atoms with Crippen LogP contribution < -0.4 is 5.32 Å². The first kappa shape index (κ1) is 15.0. The van der Waals surface area contributed by atoms with Crippen LogP contribution in [-0.2, 0) is 0 Å². The van der Waals surface area contributed by atoms with Crippen LogP contribution in [0.5, 0.6) is 0 Å². The first-order valence-electron chi connectivity index (χ1n) is 7.76. The molecule has 0 amide bonds. The van der Waals surface area contributed by atoms with Crippen LogP contribution in [0.2, 0.25) is 0 Å². The first-order valence-corrected chi connectivity index (χ1v) is 7.76. The van der Waals surface area contributed by atoms with Gasteiger partial charge in [-0.05, 0) is 44.7 Å². The van der Waals surface area contributed by atoms with E-state index in [0.717, 1.165) is 12.0 Å². The van der Waals surface area contributed by atoms with Gasteiger partial charge in [-0.2, -0.15) is 0 Å². The fraction of sp³-hybridized carbons (Fsp3) is 1.00. The zero-order valence-corrected chi connectivity index (χ0v) is 12.2. The molecule has 2 nitrogen and oxygen atoms in total. The third kappa shape index (κ3) is 5.39. The lowest BCUT2D eigenvalue weighted by Gasteiger charge is -2.37. The minimum absolute atomic E-state index is 0.761. The molecule has 0 spiro atoms. The van der Waals surface area contributed by atoms with Gasteiger partial charge in [-0.15, -0.1) is 0 Å². The number of nitrogens with one attached hydrogen (secondary N) is 1. The molecule has 1 unspecified atom stereocenters. The Labute approximate surface area is 108 Å². The summed E-state index contributed by atoms with van der Waals surface area (Å²) in [5.41, 5.74) is 0. The summed E-state index contributed by atoms with van der Waals surface area (Å²) in [6.07, 6.45) is 8.30. The van der Waals surface area contributed by atoms with Crippen molar-refractivity contribution < 1.29 is 0 Å². The molecule has 1 saturated carbocycles. The van der Waals surface area contributed by atoms with Crippen LogP contribution in [0.1, 0.15) is 59.3 Å². The molecule has 0 saturated heterocycles. The molecule has 2 heteroatoms. The van der Waals surface area contributed by atoms with Gasteiger partial charge in [0.25, 0.3) is 0 Å². The number of likely N-dealkylation sites (N-methyl/N-ethyl adjacent to an activating group) is 1. The van der Waals surface area contributed by atoms with Crippen molar-refractivity contribution in [3.05, 3.63) is 0 Å². The second kappa shape index (κ2) is 8.93. The third-order valence-corrected chi connectivity index (χ3v) is 4.07. The Morgan fingerprint density at radius 1 is 1.18 bits per heavy atom. The van der Waals surface area contributed by atoms with Crippen LogP contribution in [0.3, 0.4) is 0 Å². The van der Waals surface area contributed by atoms with Crippen molar-refractivity contribution >= 4 is 0 Å². The SMILES string of the molecule is CCCNCC(CCC)N(CC)CC1CCC1. The van der Waals surface area contributed by atoms with Gasteiger partial charge < -0.3 is 5.32 Å². The summed E-state index contributed by atoms with van der Waals surface area (Å²) < 4.78 is 0. The lowest BCUT2D eigenvalue weighted by molar-refractivity contribution is 0.130. The van der Waals surface area contributed by atoms with E-state index in [4.69, 9.17) is 0 Å². The predicted octanol–water partition coefficient (Wildman–Crippen LogP) is 3.28. The van der Waals surface area contributed by atoms with Crippen molar-refractivity contribution in [2.75, 3.05) is 26.2 Å². The highest BCUT2D eigenvalue weighted by Crippen LogP contribution is 2.27. The normalized spacial score (nSPS) is 18.4. The Hall–Kier alpha value is -0.0800. The molecule has 1 aliphatic rings. The van der Waals surface area contributed by atoms with Crippen molar-refractivity contribution in [1.29, 1.82) is 0 Å². The van der Waals surface area contributed by atoms with Gasteiger partial charge in [0.2, 0.25) is 0 Å². The van der Waals surface area contributed by atoms with E-state index < -0.39 is 0 Å². The Kier molecular flexibility index (Phi) is 7.87. The highest BCUT2D eigenvalue weighted by molar-refractivity contribution is 4.79. The number of hydrogen-bond acceptors (Lipinski definition) is 2. The van der Waals surface area contributed by atoms with Crippen LogP contribution >= 0.6 is 0 Å². The zero-order chi connectivity index (χ0) is 12.5. The third-order valence-electron chi connectivity index (χ3n) is 4.07. The van der Waals surface area contributed by atoms with Crippen LogP contribution in [0.4, 0.5) is 0 Å². The van der Waals surface area contributed by atoms with Gasteiger partial charge in [0.1, 0.15) is 0 Å². The molecule has 1 fully saturated rings. The number of rotatable bonds is 10. The Bertz CT molecular complexity index is 178. The molecule has 0 aliphatic heterocycles. The average Bonchev–Trinajstić information content (AvgIpc) is 2.28. The van der Waals surface area contributed by atoms with Crippen molar-refractivity contribution in [3.8, 4) is 0 Å². The maximum atomic E-state index is 3.60. The van der Waals surface area contributed by atoms with Gasteiger partial charge >= 0.3 is 0 Å². The second-order valence-electron chi connectivity index (χ2n) is 5.53. The van der Waals surface area contributed by atoms with Crippen LogP contribution in [-0.4, -0.2) is 37.1 Å². The number of hydrogen-bond donors (Lipinski definition) is 1. The van der Waals surface area contributed by atoms with Crippen molar-refractivity contribution in [2.45, 2.75) is 65.3 Å². The Morgan fingerprint density at radius 2 is 1.94 bits per heavy atom. The largest absolute Gasteiger partial charge is 0.315 e. The van der Waals surface area contributed by atoms with E-state index in [9.17, 15) is 0 Å². The summed E-state index contributed by atoms with van der Waals surface area (Å²) in [6.45, 7) is 11.8. The fourth-order valence-corrected chi connectivity index (χ4v) is 2.74. The zero-order valence-electron chi connectivity index (χ0n) is 12.2. The van der Waals surface area contributed by atoms with Gasteiger partial charge in [-0.25, -0.2) is 0 Å². The highest BCUT2D eigenvalue weighted by atomic mass is 15.2. The molecule has 0 aromatic rings. The molecule has 0 aromatic carbocycles. The molecule has 1 aliphatic carbocycles. The van der Waals surface area contributed by atoms with E-state index in [0.29, 0.717) is 0 Å². The lowest BCUT2D eigenvalue weighted by Crippen LogP contribution is -2.45. The molecule has 1 N–H and O–H groups in total. The van der Waals surface area contributed by atoms with Gasteiger partial charge in [-0.1, -0.05) is 33.6 Å². The van der Waals surface area contributed by atoms with Gasteiger partial charge in [0, 0.05) is 19.1 Å². The van der Waals surface area contributed by atoms with Crippen molar-refractivity contribution in [1.82, 2.24) is 10.2 Å². The van der Waals surface area contributed by atoms with E-state index in [-0.39, 0.29) is 0 Å². The van der Waals surface area contributed by atoms with Crippen molar-refractivity contribution in [2.24, 2.45) is 5.92 Å². The van der Waals surface area contributed by atoms with Gasteiger partial charge in [0.05, 0.1) is 0 Å². The van der Waals surface area contributed by atoms with Crippen LogP contribution in [0.25, 0.3) is 0 Å². The van der Waals surface area contributed by atoms with E-state index >= 15 is 0 Å². The minimum Gasteiger partial charge on any atom is -0.315 e. The summed E-state index contributed by atoms with van der Waals surface area (Å²) in [6, 6.07) is 0.761. The van der Waals surface area contributed by atoms with E-state index in [1.807, 2.05) is 0 Å². The molecular formula is C15H32N2. The van der Waals surface area contributed by atoms with Gasteiger partial charge in [-0.3, -0.25) is 4.90 Å². The Morgan fingerprint density at radius 3 is 2.41 bits per heavy atom. The molecule has 1 atom stereocenters. The van der Waals surface area contributed by atoms with Crippen molar-refractivity contribution in [3.63, 3.8) is 0 Å². The predicted molar refractivity (Wildman–Crippen MR) is 76.4 cm³/mol. The highest BCUT2D eigenvalue weighted by Gasteiger charge is 2.23. The molecular weight excluding hydrogens is 208 g/mol. The summed E-state index contributed by atoms with van der Waals surface area (Å²) in [5, 5.41) is 3.60. The molecule has 17 heavy (non-hydrogen) atoms. The maximum Gasteiger partial charge on any atom is 0.0220 e. The van der Waals surface area contributed by atoms with Crippen LogP contribution in [0, 0.1) is 5.92 Å². The smallest absolute Gasteiger partial charge is 0.0220 e. The molecule has 0 bridgehead atoms. The minimum atomic E-state index is 0.761. The summed E-state index contributed by atoms with van der Waals surface area (Å²) >= 11 is 0.